The molecular formula is C15H23NO3S. The largest absolute Gasteiger partial charge is 0.496 e. The van der Waals surface area contributed by atoms with E-state index in [9.17, 15) is 8.42 Å². The van der Waals surface area contributed by atoms with E-state index in [1.807, 2.05) is 19.2 Å². The van der Waals surface area contributed by atoms with Gasteiger partial charge in [0.1, 0.15) is 5.75 Å². The summed E-state index contributed by atoms with van der Waals surface area (Å²) in [4.78, 5) is 0. The minimum atomic E-state index is -2.84. The molecule has 1 N–H and O–H groups in total. The van der Waals surface area contributed by atoms with Crippen LogP contribution in [0, 0.1) is 12.8 Å². The van der Waals surface area contributed by atoms with Crippen LogP contribution in [-0.2, 0) is 16.3 Å². The van der Waals surface area contributed by atoms with Gasteiger partial charge >= 0.3 is 0 Å². The Morgan fingerprint density at radius 1 is 1.45 bits per heavy atom. The van der Waals surface area contributed by atoms with E-state index in [1.165, 1.54) is 5.56 Å². The molecule has 1 aromatic rings. The summed E-state index contributed by atoms with van der Waals surface area (Å²) < 4.78 is 28.7. The van der Waals surface area contributed by atoms with Crippen molar-refractivity contribution in [3.63, 3.8) is 0 Å². The normalized spacial score (nSPS) is 22.6. The smallest absolute Gasteiger partial charge is 0.150 e. The lowest BCUT2D eigenvalue weighted by atomic mass is 9.92. The van der Waals surface area contributed by atoms with Crippen LogP contribution >= 0.6 is 0 Å². The van der Waals surface area contributed by atoms with Crippen molar-refractivity contribution in [2.24, 2.45) is 5.92 Å². The second-order valence-electron chi connectivity index (χ2n) is 5.58. The maximum absolute atomic E-state index is 11.6. The topological polar surface area (TPSA) is 55.4 Å². The highest BCUT2D eigenvalue weighted by Gasteiger charge is 2.33. The van der Waals surface area contributed by atoms with E-state index in [4.69, 9.17) is 4.74 Å². The molecule has 1 saturated heterocycles. The SMILES string of the molecule is CNC(Cc1cc(C)ccc1OC)C1CCS(=O)(=O)C1. The predicted octanol–water partition coefficient (Wildman–Crippen LogP) is 1.57. The quantitative estimate of drug-likeness (QED) is 0.896. The number of hydrogen-bond donors (Lipinski definition) is 1. The number of sulfone groups is 1. The summed E-state index contributed by atoms with van der Waals surface area (Å²) >= 11 is 0. The lowest BCUT2D eigenvalue weighted by Crippen LogP contribution is -2.36. The second-order valence-corrected chi connectivity index (χ2v) is 7.81. The van der Waals surface area contributed by atoms with Crippen LogP contribution in [0.15, 0.2) is 18.2 Å². The zero-order chi connectivity index (χ0) is 14.8. The Morgan fingerprint density at radius 2 is 2.20 bits per heavy atom. The summed E-state index contributed by atoms with van der Waals surface area (Å²) in [5.41, 5.74) is 2.32. The summed E-state index contributed by atoms with van der Waals surface area (Å²) in [7, 11) is 0.732. The molecule has 2 atom stereocenters. The van der Waals surface area contributed by atoms with E-state index in [0.29, 0.717) is 11.5 Å². The molecule has 0 bridgehead atoms. The Kier molecular flexibility index (Phi) is 4.70. The van der Waals surface area contributed by atoms with E-state index in [2.05, 4.69) is 18.3 Å². The van der Waals surface area contributed by atoms with E-state index < -0.39 is 9.84 Å². The molecule has 1 fully saturated rings. The average Bonchev–Trinajstić information content (AvgIpc) is 2.76. The van der Waals surface area contributed by atoms with Gasteiger partial charge in [-0.05, 0) is 44.4 Å². The maximum atomic E-state index is 11.6. The average molecular weight is 297 g/mol. The molecule has 0 amide bonds. The number of hydrogen-bond acceptors (Lipinski definition) is 4. The van der Waals surface area contributed by atoms with Crippen molar-refractivity contribution in [3.8, 4) is 5.75 Å². The molecule has 2 unspecified atom stereocenters. The summed E-state index contributed by atoms with van der Waals surface area (Å²) in [6.07, 6.45) is 1.55. The van der Waals surface area contributed by atoms with Gasteiger partial charge in [-0.25, -0.2) is 8.42 Å². The molecule has 5 heteroatoms. The highest BCUT2D eigenvalue weighted by Crippen LogP contribution is 2.27. The van der Waals surface area contributed by atoms with Gasteiger partial charge in [-0.15, -0.1) is 0 Å². The summed E-state index contributed by atoms with van der Waals surface area (Å²) in [6, 6.07) is 6.29. The van der Waals surface area contributed by atoms with Gasteiger partial charge in [-0.2, -0.15) is 0 Å². The Morgan fingerprint density at radius 3 is 2.75 bits per heavy atom. The van der Waals surface area contributed by atoms with Crippen molar-refractivity contribution in [2.45, 2.75) is 25.8 Å². The summed E-state index contributed by atoms with van der Waals surface area (Å²) in [5, 5.41) is 3.28. The Hall–Kier alpha value is -1.07. The standard InChI is InChI=1S/C15H23NO3S/c1-11-4-5-15(19-3)13(8-11)9-14(16-2)12-6-7-20(17,18)10-12/h4-5,8,12,14,16H,6-7,9-10H2,1-3H3. The first-order chi connectivity index (χ1) is 9.45. The van der Waals surface area contributed by atoms with E-state index in [-0.39, 0.29) is 12.0 Å². The molecule has 1 heterocycles. The number of methoxy groups -OCH3 is 1. The van der Waals surface area contributed by atoms with Crippen molar-refractivity contribution in [3.05, 3.63) is 29.3 Å². The number of aryl methyl sites for hydroxylation is 1. The van der Waals surface area contributed by atoms with Crippen LogP contribution in [0.3, 0.4) is 0 Å². The third-order valence-corrected chi connectivity index (χ3v) is 5.88. The maximum Gasteiger partial charge on any atom is 0.150 e. The Balaban J connectivity index is 2.16. The second kappa shape index (κ2) is 6.14. The number of rotatable bonds is 5. The van der Waals surface area contributed by atoms with Crippen molar-refractivity contribution in [1.82, 2.24) is 5.32 Å². The molecule has 0 aliphatic carbocycles. The van der Waals surface area contributed by atoms with Crippen molar-refractivity contribution < 1.29 is 13.2 Å². The van der Waals surface area contributed by atoms with Crippen LogP contribution in [0.1, 0.15) is 17.5 Å². The van der Waals surface area contributed by atoms with E-state index in [0.717, 1.165) is 24.2 Å². The molecule has 0 spiro atoms. The minimum Gasteiger partial charge on any atom is -0.496 e. The number of nitrogens with one attached hydrogen (secondary N) is 1. The van der Waals surface area contributed by atoms with Gasteiger partial charge in [-0.1, -0.05) is 17.7 Å². The predicted molar refractivity (Wildman–Crippen MR) is 81.0 cm³/mol. The number of likely N-dealkylation sites (N-methyl/N-ethyl adjacent to an activating group) is 1. The molecule has 20 heavy (non-hydrogen) atoms. The van der Waals surface area contributed by atoms with Crippen molar-refractivity contribution >= 4 is 9.84 Å². The molecular weight excluding hydrogens is 274 g/mol. The Labute approximate surface area is 121 Å². The first-order valence-electron chi connectivity index (χ1n) is 6.96. The van der Waals surface area contributed by atoms with Crippen molar-refractivity contribution in [1.29, 1.82) is 0 Å². The van der Waals surface area contributed by atoms with Gasteiger partial charge in [0.2, 0.25) is 0 Å². The van der Waals surface area contributed by atoms with Crippen LogP contribution in [0.2, 0.25) is 0 Å². The molecule has 1 aromatic carbocycles. The zero-order valence-electron chi connectivity index (χ0n) is 12.3. The van der Waals surface area contributed by atoms with Crippen LogP contribution in [-0.4, -0.2) is 40.1 Å². The third kappa shape index (κ3) is 3.52. The lowest BCUT2D eigenvalue weighted by molar-refractivity contribution is 0.382. The minimum absolute atomic E-state index is 0.169. The highest BCUT2D eigenvalue weighted by atomic mass is 32.2. The molecule has 1 aliphatic rings. The summed E-state index contributed by atoms with van der Waals surface area (Å²) in [6.45, 7) is 2.05. The Bertz CT molecular complexity index is 568. The fourth-order valence-electron chi connectivity index (χ4n) is 2.95. The van der Waals surface area contributed by atoms with Gasteiger partial charge < -0.3 is 10.1 Å². The number of ether oxygens (including phenoxy) is 1. The molecule has 112 valence electrons. The summed E-state index contributed by atoms with van der Waals surface area (Å²) in [5.74, 6) is 1.68. The van der Waals surface area contributed by atoms with Crippen LogP contribution in [0.4, 0.5) is 0 Å². The van der Waals surface area contributed by atoms with Gasteiger partial charge in [0.15, 0.2) is 9.84 Å². The molecule has 0 radical (unpaired) electrons. The monoisotopic (exact) mass is 297 g/mol. The molecule has 4 nitrogen and oxygen atoms in total. The van der Waals surface area contributed by atoms with Gasteiger partial charge in [-0.3, -0.25) is 0 Å². The number of benzene rings is 1. The fraction of sp³-hybridized carbons (Fsp3) is 0.600. The fourth-order valence-corrected chi connectivity index (χ4v) is 4.83. The van der Waals surface area contributed by atoms with Crippen LogP contribution in [0.25, 0.3) is 0 Å². The lowest BCUT2D eigenvalue weighted by Gasteiger charge is -2.23. The zero-order valence-corrected chi connectivity index (χ0v) is 13.2. The first-order valence-corrected chi connectivity index (χ1v) is 8.78. The van der Waals surface area contributed by atoms with Crippen molar-refractivity contribution in [2.75, 3.05) is 25.7 Å². The first kappa shape index (κ1) is 15.3. The molecule has 0 aromatic heterocycles. The van der Waals surface area contributed by atoms with Crippen LogP contribution in [0.5, 0.6) is 5.75 Å². The molecule has 2 rings (SSSR count). The van der Waals surface area contributed by atoms with Crippen LogP contribution < -0.4 is 10.1 Å². The van der Waals surface area contributed by atoms with Gasteiger partial charge in [0.25, 0.3) is 0 Å². The highest BCUT2D eigenvalue weighted by molar-refractivity contribution is 7.91. The third-order valence-electron chi connectivity index (χ3n) is 4.08. The molecule has 0 saturated carbocycles. The molecule has 1 aliphatic heterocycles. The van der Waals surface area contributed by atoms with E-state index in [1.54, 1.807) is 7.11 Å². The van der Waals surface area contributed by atoms with E-state index >= 15 is 0 Å². The van der Waals surface area contributed by atoms with Gasteiger partial charge in [0.05, 0.1) is 18.6 Å². The van der Waals surface area contributed by atoms with Gasteiger partial charge in [0, 0.05) is 6.04 Å².